The van der Waals surface area contributed by atoms with Crippen LogP contribution in [0.15, 0.2) is 23.1 Å². The summed E-state index contributed by atoms with van der Waals surface area (Å²) >= 11 is 0. The lowest BCUT2D eigenvalue weighted by Gasteiger charge is -2.39. The fourth-order valence-electron chi connectivity index (χ4n) is 3.21. The van der Waals surface area contributed by atoms with Gasteiger partial charge >= 0.3 is 0 Å². The Hall–Kier alpha value is -1.15. The Morgan fingerprint density at radius 3 is 2.40 bits per heavy atom. The number of hydrogen-bond donors (Lipinski definition) is 1. The number of likely N-dealkylation sites (N-methyl/N-ethyl adjacent to an activating group) is 1. The highest BCUT2D eigenvalue weighted by Crippen LogP contribution is 2.25. The van der Waals surface area contributed by atoms with E-state index in [-0.39, 0.29) is 10.9 Å². The topological polar surface area (TPSA) is 61.9 Å². The number of methoxy groups -OCH3 is 1. The van der Waals surface area contributed by atoms with Crippen molar-refractivity contribution in [1.29, 1.82) is 0 Å². The van der Waals surface area contributed by atoms with Gasteiger partial charge < -0.3 is 9.64 Å². The molecule has 7 heteroatoms. The van der Waals surface area contributed by atoms with Crippen LogP contribution in [0.3, 0.4) is 0 Å². The minimum absolute atomic E-state index is 0.180. The highest BCUT2D eigenvalue weighted by atomic mass is 32.2. The highest BCUT2D eigenvalue weighted by Gasteiger charge is 2.27. The number of piperazine rings is 1. The van der Waals surface area contributed by atoms with E-state index < -0.39 is 10.0 Å². The number of ether oxygens (including phenoxy) is 1. The number of nitrogens with one attached hydrogen (secondary N) is 1. The summed E-state index contributed by atoms with van der Waals surface area (Å²) in [6, 6.07) is 5.38. The fourth-order valence-corrected chi connectivity index (χ4v) is 4.51. The standard InChI is InChI=1S/C18H31N3O3S/c1-14(2)16(21-10-8-20(4)9-11-21)13-19-25(22,23)18-12-15(3)6-7-17(18)24-5/h6-7,12,14,16,19H,8-11,13H2,1-5H3. The molecule has 0 saturated carbocycles. The van der Waals surface area contributed by atoms with Gasteiger partial charge in [-0.15, -0.1) is 0 Å². The summed E-state index contributed by atoms with van der Waals surface area (Å²) < 4.78 is 33.7. The van der Waals surface area contributed by atoms with Crippen molar-refractivity contribution in [1.82, 2.24) is 14.5 Å². The quantitative estimate of drug-likeness (QED) is 0.790. The van der Waals surface area contributed by atoms with Crippen LogP contribution in [0, 0.1) is 12.8 Å². The summed E-state index contributed by atoms with van der Waals surface area (Å²) in [5.74, 6) is 0.740. The van der Waals surface area contributed by atoms with Crippen molar-refractivity contribution >= 4 is 10.0 Å². The second-order valence-electron chi connectivity index (χ2n) is 7.16. The van der Waals surface area contributed by atoms with E-state index in [0.29, 0.717) is 18.2 Å². The number of benzene rings is 1. The van der Waals surface area contributed by atoms with Crippen molar-refractivity contribution in [2.75, 3.05) is 46.9 Å². The summed E-state index contributed by atoms with van der Waals surface area (Å²) in [5, 5.41) is 0. The summed E-state index contributed by atoms with van der Waals surface area (Å²) in [6.45, 7) is 10.5. The lowest BCUT2D eigenvalue weighted by atomic mass is 10.0. The zero-order valence-corrected chi connectivity index (χ0v) is 16.8. The van der Waals surface area contributed by atoms with Gasteiger partial charge in [-0.25, -0.2) is 13.1 Å². The molecule has 1 aromatic carbocycles. The Morgan fingerprint density at radius 2 is 1.84 bits per heavy atom. The first-order valence-corrected chi connectivity index (χ1v) is 10.3. The van der Waals surface area contributed by atoms with Crippen LogP contribution >= 0.6 is 0 Å². The van der Waals surface area contributed by atoms with Crippen molar-refractivity contribution in [3.63, 3.8) is 0 Å². The Bertz CT molecular complexity index is 668. The molecule has 0 spiro atoms. The van der Waals surface area contributed by atoms with Crippen LogP contribution in [0.1, 0.15) is 19.4 Å². The minimum atomic E-state index is -3.62. The molecule has 1 heterocycles. The van der Waals surface area contributed by atoms with Crippen LogP contribution in [0.5, 0.6) is 5.75 Å². The third kappa shape index (κ3) is 5.17. The van der Waals surface area contributed by atoms with Crippen LogP contribution in [0.4, 0.5) is 0 Å². The number of hydrogen-bond acceptors (Lipinski definition) is 5. The predicted molar refractivity (Wildman–Crippen MR) is 101 cm³/mol. The Balaban J connectivity index is 2.12. The van der Waals surface area contributed by atoms with E-state index in [4.69, 9.17) is 4.74 Å². The maximum atomic E-state index is 12.8. The van der Waals surface area contributed by atoms with Gasteiger partial charge in [0.25, 0.3) is 0 Å². The molecule has 1 aliphatic heterocycles. The van der Waals surface area contributed by atoms with Crippen LogP contribution in [-0.4, -0.2) is 71.1 Å². The molecule has 1 atom stereocenters. The molecule has 1 aromatic rings. The van der Waals surface area contributed by atoms with Crippen LogP contribution < -0.4 is 9.46 Å². The lowest BCUT2D eigenvalue weighted by molar-refractivity contribution is 0.0905. The van der Waals surface area contributed by atoms with Gasteiger partial charge in [-0.05, 0) is 37.6 Å². The third-order valence-electron chi connectivity index (χ3n) is 4.87. The fraction of sp³-hybridized carbons (Fsp3) is 0.667. The normalized spacial score (nSPS) is 18.5. The smallest absolute Gasteiger partial charge is 0.244 e. The van der Waals surface area contributed by atoms with Crippen molar-refractivity contribution in [3.8, 4) is 5.75 Å². The molecule has 25 heavy (non-hydrogen) atoms. The second kappa shape index (κ2) is 8.49. The maximum Gasteiger partial charge on any atom is 0.244 e. The molecule has 2 rings (SSSR count). The largest absolute Gasteiger partial charge is 0.495 e. The zero-order chi connectivity index (χ0) is 18.6. The average molecular weight is 370 g/mol. The van der Waals surface area contributed by atoms with E-state index in [2.05, 4.69) is 35.4 Å². The number of rotatable bonds is 7. The Kier molecular flexibility index (Phi) is 6.85. The minimum Gasteiger partial charge on any atom is -0.495 e. The Labute approximate surface area is 152 Å². The summed E-state index contributed by atoms with van der Waals surface area (Å²) in [7, 11) is -0.00524. The van der Waals surface area contributed by atoms with Crippen molar-refractivity contribution in [3.05, 3.63) is 23.8 Å². The van der Waals surface area contributed by atoms with Gasteiger partial charge in [0.1, 0.15) is 10.6 Å². The molecule has 1 saturated heterocycles. The molecular weight excluding hydrogens is 338 g/mol. The molecule has 1 N–H and O–H groups in total. The average Bonchev–Trinajstić information content (AvgIpc) is 2.56. The first-order chi connectivity index (χ1) is 11.7. The van der Waals surface area contributed by atoms with Gasteiger partial charge in [0.05, 0.1) is 7.11 Å². The zero-order valence-electron chi connectivity index (χ0n) is 15.9. The number of aryl methyl sites for hydroxylation is 1. The van der Waals surface area contributed by atoms with Gasteiger partial charge in [-0.2, -0.15) is 0 Å². The maximum absolute atomic E-state index is 12.8. The van der Waals surface area contributed by atoms with Crippen LogP contribution in [0.25, 0.3) is 0 Å². The van der Waals surface area contributed by atoms with E-state index in [1.807, 2.05) is 13.0 Å². The summed E-state index contributed by atoms with van der Waals surface area (Å²) in [4.78, 5) is 4.90. The Morgan fingerprint density at radius 1 is 1.20 bits per heavy atom. The summed E-state index contributed by atoms with van der Waals surface area (Å²) in [6.07, 6.45) is 0. The van der Waals surface area contributed by atoms with Gasteiger partial charge in [0, 0.05) is 38.8 Å². The van der Waals surface area contributed by atoms with E-state index in [1.54, 1.807) is 12.1 Å². The van der Waals surface area contributed by atoms with E-state index in [1.165, 1.54) is 7.11 Å². The van der Waals surface area contributed by atoms with Gasteiger partial charge in [0.2, 0.25) is 10.0 Å². The molecule has 1 unspecified atom stereocenters. The number of sulfonamides is 1. The van der Waals surface area contributed by atoms with Gasteiger partial charge in [-0.3, -0.25) is 4.90 Å². The molecule has 1 fully saturated rings. The van der Waals surface area contributed by atoms with E-state index >= 15 is 0 Å². The lowest BCUT2D eigenvalue weighted by Crippen LogP contribution is -2.54. The number of nitrogens with zero attached hydrogens (tertiary/aromatic N) is 2. The van der Waals surface area contributed by atoms with Crippen LogP contribution in [0.2, 0.25) is 0 Å². The predicted octanol–water partition coefficient (Wildman–Crippen LogP) is 1.55. The molecule has 0 radical (unpaired) electrons. The molecule has 6 nitrogen and oxygen atoms in total. The molecule has 0 amide bonds. The van der Waals surface area contributed by atoms with Crippen molar-refractivity contribution in [2.24, 2.45) is 5.92 Å². The SMILES string of the molecule is COc1ccc(C)cc1S(=O)(=O)NCC(C(C)C)N1CCN(C)CC1. The van der Waals surface area contributed by atoms with Gasteiger partial charge in [-0.1, -0.05) is 19.9 Å². The molecule has 0 aliphatic carbocycles. The van der Waals surface area contributed by atoms with E-state index in [0.717, 1.165) is 31.7 Å². The molecule has 0 aromatic heterocycles. The van der Waals surface area contributed by atoms with Crippen molar-refractivity contribution < 1.29 is 13.2 Å². The second-order valence-corrected chi connectivity index (χ2v) is 8.89. The van der Waals surface area contributed by atoms with Crippen LogP contribution in [-0.2, 0) is 10.0 Å². The molecular formula is C18H31N3O3S. The molecule has 0 bridgehead atoms. The third-order valence-corrected chi connectivity index (χ3v) is 6.31. The summed E-state index contributed by atoms with van der Waals surface area (Å²) in [5.41, 5.74) is 0.889. The van der Waals surface area contributed by atoms with Crippen molar-refractivity contribution in [2.45, 2.75) is 31.7 Å². The highest BCUT2D eigenvalue weighted by molar-refractivity contribution is 7.89. The first kappa shape index (κ1) is 20.2. The van der Waals surface area contributed by atoms with Gasteiger partial charge in [0.15, 0.2) is 0 Å². The molecule has 142 valence electrons. The van der Waals surface area contributed by atoms with E-state index in [9.17, 15) is 8.42 Å². The first-order valence-electron chi connectivity index (χ1n) is 8.81. The monoisotopic (exact) mass is 369 g/mol. The molecule has 1 aliphatic rings.